The van der Waals surface area contributed by atoms with Crippen molar-refractivity contribution in [3.05, 3.63) is 12.4 Å². The second-order valence-electron chi connectivity index (χ2n) is 0.660. The largest absolute Gasteiger partial charge is 0.266 e. The molecular formula is C2H3ClN3Ti. The number of rotatable bonds is 0. The van der Waals surface area contributed by atoms with Crippen molar-refractivity contribution in [1.29, 1.82) is 0 Å². The molecule has 5 heteroatoms. The minimum atomic E-state index is 1.47. The zero-order chi connectivity index (χ0) is 5.54. The van der Waals surface area contributed by atoms with Gasteiger partial charge >= 0.3 is 28.7 Å². The summed E-state index contributed by atoms with van der Waals surface area (Å²) in [6.45, 7) is 0. The third-order valence-corrected chi connectivity index (χ3v) is 0.331. The van der Waals surface area contributed by atoms with Crippen LogP contribution in [-0.2, 0) is 19.4 Å². The zero-order valence-electron chi connectivity index (χ0n) is 3.43. The normalized spacial score (nSPS) is 6.29. The van der Waals surface area contributed by atoms with E-state index in [0.717, 1.165) is 0 Å². The van der Waals surface area contributed by atoms with Gasteiger partial charge in [-0.3, -0.25) is 5.10 Å². The Hall–Kier alpha value is 0.144. The molecule has 3 nitrogen and oxygen atoms in total. The van der Waals surface area contributed by atoms with Crippen molar-refractivity contribution in [3.63, 3.8) is 0 Å². The summed E-state index contributed by atoms with van der Waals surface area (Å²) in [4.78, 5) is 0. The van der Waals surface area contributed by atoms with Crippen LogP contribution >= 0.6 is 9.30 Å². The van der Waals surface area contributed by atoms with E-state index in [1.54, 1.807) is 12.4 Å². The molecule has 1 rings (SSSR count). The van der Waals surface area contributed by atoms with Crippen LogP contribution in [0.2, 0.25) is 0 Å². The number of nitrogens with one attached hydrogen (secondary N) is 1. The summed E-state index contributed by atoms with van der Waals surface area (Å²) in [6.07, 6.45) is 3.24. The Morgan fingerprint density at radius 3 is 2.43 bits per heavy atom. The van der Waals surface area contributed by atoms with E-state index in [9.17, 15) is 0 Å². The van der Waals surface area contributed by atoms with Gasteiger partial charge in [0.25, 0.3) is 0 Å². The van der Waals surface area contributed by atoms with Gasteiger partial charge in [0, 0.05) is 6.20 Å². The summed E-state index contributed by atoms with van der Waals surface area (Å²) in [6, 6.07) is 0. The van der Waals surface area contributed by atoms with Gasteiger partial charge in [-0.15, -0.1) is 5.10 Å². The number of halogens is 1. The van der Waals surface area contributed by atoms with Crippen LogP contribution in [0.5, 0.6) is 0 Å². The summed E-state index contributed by atoms with van der Waals surface area (Å²) in [7, 11) is 4.64. The van der Waals surface area contributed by atoms with Gasteiger partial charge in [-0.2, -0.15) is 0 Å². The number of aromatic amines is 1. The first kappa shape index (κ1) is 7.14. The molecule has 0 saturated heterocycles. The molecule has 0 aliphatic heterocycles. The van der Waals surface area contributed by atoms with Gasteiger partial charge in [-0.05, 0) is 0 Å². The molecule has 0 fully saturated rings. The molecule has 0 saturated carbocycles. The summed E-state index contributed by atoms with van der Waals surface area (Å²) in [5, 5.41) is 9.26. The quantitative estimate of drug-likeness (QED) is 0.550. The molecule has 0 spiro atoms. The average molecular weight is 152 g/mol. The van der Waals surface area contributed by atoms with Crippen LogP contribution in [0.15, 0.2) is 12.4 Å². The average Bonchev–Trinajstić information content (AvgIpc) is 2.23. The Morgan fingerprint density at radius 2 is 2.29 bits per heavy atom. The van der Waals surface area contributed by atoms with Gasteiger partial charge in [0.05, 0.1) is 6.20 Å². The molecular weight excluding hydrogens is 149 g/mol. The van der Waals surface area contributed by atoms with Crippen LogP contribution in [0, 0.1) is 0 Å². The van der Waals surface area contributed by atoms with Crippen molar-refractivity contribution in [2.75, 3.05) is 0 Å². The van der Waals surface area contributed by atoms with Crippen LogP contribution in [-0.4, -0.2) is 15.4 Å². The van der Waals surface area contributed by atoms with Gasteiger partial charge in [0.2, 0.25) is 0 Å². The molecule has 0 atom stereocenters. The van der Waals surface area contributed by atoms with Gasteiger partial charge < -0.3 is 0 Å². The molecule has 0 aliphatic carbocycles. The molecule has 1 aromatic heterocycles. The van der Waals surface area contributed by atoms with E-state index in [4.69, 9.17) is 0 Å². The molecule has 0 bridgehead atoms. The Balaban J connectivity index is 0.000000162. The standard InChI is InChI=1S/C2H3N3.ClH.Ti/c1-2-4-5-3-1;;/h1-2H,(H,3,4,5);1H;/q;;+1/p-1. The van der Waals surface area contributed by atoms with E-state index in [-0.39, 0.29) is 0 Å². The number of H-pyrrole nitrogens is 1. The molecule has 37 valence electrons. The predicted octanol–water partition coefficient (Wildman–Crippen LogP) is 0.492. The summed E-state index contributed by atoms with van der Waals surface area (Å²) in [5.41, 5.74) is 0. The van der Waals surface area contributed by atoms with Crippen molar-refractivity contribution >= 4 is 9.30 Å². The number of aromatic nitrogens is 3. The van der Waals surface area contributed by atoms with E-state index < -0.39 is 0 Å². The van der Waals surface area contributed by atoms with E-state index in [1.807, 2.05) is 0 Å². The number of hydrogen-bond acceptors (Lipinski definition) is 2. The monoisotopic (exact) mass is 152 g/mol. The van der Waals surface area contributed by atoms with Crippen molar-refractivity contribution in [2.24, 2.45) is 0 Å². The van der Waals surface area contributed by atoms with E-state index in [2.05, 4.69) is 24.7 Å². The van der Waals surface area contributed by atoms with E-state index in [0.29, 0.717) is 0 Å². The molecule has 1 aromatic rings. The second kappa shape index (κ2) is 6.14. The minimum absolute atomic E-state index is 1.47. The van der Waals surface area contributed by atoms with Crippen molar-refractivity contribution in [2.45, 2.75) is 0 Å². The van der Waals surface area contributed by atoms with Crippen LogP contribution in [0.3, 0.4) is 0 Å². The fourth-order valence-corrected chi connectivity index (χ4v) is 0.167. The molecule has 0 aromatic carbocycles. The van der Waals surface area contributed by atoms with E-state index in [1.165, 1.54) is 19.4 Å². The Labute approximate surface area is 56.7 Å². The molecule has 0 aliphatic rings. The van der Waals surface area contributed by atoms with Gasteiger partial charge in [-0.25, -0.2) is 0 Å². The number of nitrogens with zero attached hydrogens (tertiary/aromatic N) is 2. The Bertz CT molecular complexity index is 69.4. The SMILES string of the molecule is [Cl][Ti].c1c[nH]nn1. The zero-order valence-corrected chi connectivity index (χ0v) is 5.74. The fourth-order valence-electron chi connectivity index (χ4n) is 0.167. The minimum Gasteiger partial charge on any atom is -0.266 e. The Morgan fingerprint density at radius 1 is 1.57 bits per heavy atom. The third kappa shape index (κ3) is 3.99. The molecule has 0 amide bonds. The maximum Gasteiger partial charge on any atom is 0.0690 e. The first-order valence-corrected chi connectivity index (χ1v) is 3.64. The summed E-state index contributed by atoms with van der Waals surface area (Å²) in [5.74, 6) is 0. The molecule has 7 heavy (non-hydrogen) atoms. The molecule has 1 heterocycles. The van der Waals surface area contributed by atoms with Crippen LogP contribution in [0.4, 0.5) is 0 Å². The first-order chi connectivity index (χ1) is 3.50. The van der Waals surface area contributed by atoms with Crippen molar-refractivity contribution < 1.29 is 19.4 Å². The van der Waals surface area contributed by atoms with Crippen LogP contribution in [0.25, 0.3) is 0 Å². The smallest absolute Gasteiger partial charge is 0.0690 e. The van der Waals surface area contributed by atoms with Crippen molar-refractivity contribution in [1.82, 2.24) is 15.4 Å². The first-order valence-electron chi connectivity index (χ1n) is 1.49. The predicted molar refractivity (Wildman–Crippen MR) is 22.2 cm³/mol. The van der Waals surface area contributed by atoms with Gasteiger partial charge in [0.1, 0.15) is 0 Å². The maximum atomic E-state index is 4.64. The maximum absolute atomic E-state index is 4.64. The summed E-state index contributed by atoms with van der Waals surface area (Å²) < 4.78 is 0. The number of hydrogen-bond donors (Lipinski definition) is 1. The van der Waals surface area contributed by atoms with Gasteiger partial charge in [0.15, 0.2) is 0 Å². The Kier molecular flexibility index (Phi) is 6.27. The van der Waals surface area contributed by atoms with Crippen LogP contribution in [0.1, 0.15) is 0 Å². The van der Waals surface area contributed by atoms with E-state index >= 15 is 0 Å². The van der Waals surface area contributed by atoms with Gasteiger partial charge in [-0.1, -0.05) is 5.21 Å². The topological polar surface area (TPSA) is 41.6 Å². The molecule has 1 N–H and O–H groups in total. The summed E-state index contributed by atoms with van der Waals surface area (Å²) >= 11 is 1.47. The fraction of sp³-hybridized carbons (Fsp3) is 0. The molecule has 0 unspecified atom stereocenters. The second-order valence-corrected chi connectivity index (χ2v) is 0.660. The van der Waals surface area contributed by atoms with Crippen molar-refractivity contribution in [3.8, 4) is 0 Å². The van der Waals surface area contributed by atoms with Crippen LogP contribution < -0.4 is 0 Å². The molecule has 0 radical (unpaired) electrons. The third-order valence-electron chi connectivity index (χ3n) is 0.331.